The molecule has 71 heavy (non-hydrogen) atoms. The van der Waals surface area contributed by atoms with Gasteiger partial charge in [0.05, 0.1) is 55.6 Å². The van der Waals surface area contributed by atoms with Crippen LogP contribution in [0.2, 0.25) is 10.1 Å². The van der Waals surface area contributed by atoms with Crippen LogP contribution in [0.4, 0.5) is 0 Å². The van der Waals surface area contributed by atoms with Crippen LogP contribution in [-0.4, -0.2) is 87.6 Å². The first kappa shape index (κ1) is 53.3. The summed E-state index contributed by atoms with van der Waals surface area (Å²) in [7, 11) is -6.00. The molecule has 0 aromatic heterocycles. The highest BCUT2D eigenvalue weighted by Gasteiger charge is 2.56. The number of ether oxygens (including phenoxy) is 3. The summed E-state index contributed by atoms with van der Waals surface area (Å²) in [6.07, 6.45) is 0.687. The monoisotopic (exact) mass is 1000 g/mol. The van der Waals surface area contributed by atoms with Gasteiger partial charge < -0.3 is 33.3 Å². The lowest BCUT2D eigenvalue weighted by Crippen LogP contribution is -2.69. The number of carboxylic acid groups (broad SMARTS) is 1. The maximum Gasteiger partial charge on any atom is 0.308 e. The van der Waals surface area contributed by atoms with Gasteiger partial charge in [-0.3, -0.25) is 9.59 Å². The molecular weight excluding hydrogens is 921 g/mol. The maximum absolute atomic E-state index is 14.6. The first-order valence-corrected chi connectivity index (χ1v) is 30.5. The molecule has 2 aliphatic heterocycles. The number of aliphatic carboxylic acids is 1. The molecule has 4 fully saturated rings. The number of esters is 1. The Kier molecular flexibility index (Phi) is 16.4. The molecule has 2 heterocycles. The van der Waals surface area contributed by atoms with Gasteiger partial charge in [0.1, 0.15) is 6.10 Å². The standard InChI is InChI=1S/C60H82O9Si2/c1-39-31-49(39)51(61)33-43-34-54(68-70(59(5,6)7,45-23-15-11-16-24-45)46-25-17-12-18-26-46)42(4)53(65-43)38-58(64)67-56(50-32-40(50)2)36-44-35-55(41(3)52(66-44)37-57(62)63)69-71(60(8,9)10,47-27-19-13-20-28-47)48-29-21-14-22-30-48/h11-30,39-44,49-56,61H,31-38H2,1-10H3,(H,62,63)/t39-,40-,41+,42+,43-,44+,49-,50-,51+,52+,53+,54+,55+,56+/m1/s1. The van der Waals surface area contributed by atoms with Crippen molar-refractivity contribution in [3.8, 4) is 0 Å². The summed E-state index contributed by atoms with van der Waals surface area (Å²) in [4.78, 5) is 27.1. The Hall–Kier alpha value is -3.95. The summed E-state index contributed by atoms with van der Waals surface area (Å²) in [5, 5.41) is 25.9. The topological polar surface area (TPSA) is 121 Å². The second-order valence-electron chi connectivity index (χ2n) is 24.0. The second-order valence-corrected chi connectivity index (χ2v) is 32.6. The summed E-state index contributed by atoms with van der Waals surface area (Å²) in [6.45, 7) is 22.3. The van der Waals surface area contributed by atoms with Crippen molar-refractivity contribution in [3.05, 3.63) is 121 Å². The number of hydrogen-bond acceptors (Lipinski definition) is 8. The summed E-state index contributed by atoms with van der Waals surface area (Å²) in [5.74, 6) is -0.321. The van der Waals surface area contributed by atoms with E-state index in [0.29, 0.717) is 37.5 Å². The van der Waals surface area contributed by atoms with E-state index in [9.17, 15) is 19.8 Å². The zero-order chi connectivity index (χ0) is 50.9. The third-order valence-corrected chi connectivity index (χ3v) is 27.0. The van der Waals surface area contributed by atoms with Gasteiger partial charge in [0, 0.05) is 18.3 Å². The van der Waals surface area contributed by atoms with Gasteiger partial charge in [-0.15, -0.1) is 0 Å². The maximum atomic E-state index is 14.6. The van der Waals surface area contributed by atoms with Crippen LogP contribution < -0.4 is 20.7 Å². The molecule has 0 unspecified atom stereocenters. The molecule has 0 bridgehead atoms. The fraction of sp³-hybridized carbons (Fsp3) is 0.567. The van der Waals surface area contributed by atoms with Crippen molar-refractivity contribution in [1.29, 1.82) is 0 Å². The fourth-order valence-electron chi connectivity index (χ4n) is 12.5. The van der Waals surface area contributed by atoms with Gasteiger partial charge in [-0.05, 0) is 86.6 Å². The lowest BCUT2D eigenvalue weighted by atomic mass is 9.86. The molecule has 9 nitrogen and oxygen atoms in total. The third kappa shape index (κ3) is 11.7. The van der Waals surface area contributed by atoms with Crippen molar-refractivity contribution in [2.75, 3.05) is 0 Å². The number of benzene rings is 4. The van der Waals surface area contributed by atoms with E-state index in [4.69, 9.17) is 23.1 Å². The number of hydrogen-bond donors (Lipinski definition) is 2. The normalized spacial score (nSPS) is 30.0. The molecule has 4 aliphatic rings. The number of aliphatic hydroxyl groups is 1. The Morgan fingerprint density at radius 1 is 0.563 bits per heavy atom. The highest BCUT2D eigenvalue weighted by Crippen LogP contribution is 2.48. The van der Waals surface area contributed by atoms with Crippen LogP contribution in [0.5, 0.6) is 0 Å². The average Bonchev–Trinajstić information content (AvgIpc) is 4.26. The lowest BCUT2D eigenvalue weighted by Gasteiger charge is -2.49. The van der Waals surface area contributed by atoms with Gasteiger partial charge in [0.15, 0.2) is 0 Å². The van der Waals surface area contributed by atoms with E-state index in [0.717, 1.165) is 12.8 Å². The Labute approximate surface area is 426 Å². The van der Waals surface area contributed by atoms with E-state index >= 15 is 0 Å². The first-order chi connectivity index (χ1) is 33.7. The van der Waals surface area contributed by atoms with Crippen LogP contribution in [-0.2, 0) is 32.7 Å². The summed E-state index contributed by atoms with van der Waals surface area (Å²) < 4.78 is 35.9. The van der Waals surface area contributed by atoms with Gasteiger partial charge in [-0.2, -0.15) is 0 Å². The predicted octanol–water partition coefficient (Wildman–Crippen LogP) is 9.69. The molecule has 0 radical (unpaired) electrons. The number of aliphatic hydroxyl groups excluding tert-OH is 1. The first-order valence-electron chi connectivity index (χ1n) is 26.7. The minimum Gasteiger partial charge on any atom is -0.481 e. The van der Waals surface area contributed by atoms with Gasteiger partial charge in [0.2, 0.25) is 0 Å². The van der Waals surface area contributed by atoms with Gasteiger partial charge in [-0.25, -0.2) is 0 Å². The van der Waals surface area contributed by atoms with E-state index in [1.807, 2.05) is 12.1 Å². The second kappa shape index (κ2) is 21.9. The Morgan fingerprint density at radius 2 is 0.915 bits per heavy atom. The van der Waals surface area contributed by atoms with Gasteiger partial charge in [0.25, 0.3) is 16.6 Å². The molecule has 0 amide bonds. The average molecular weight is 1000 g/mol. The zero-order valence-electron chi connectivity index (χ0n) is 44.0. The lowest BCUT2D eigenvalue weighted by molar-refractivity contribution is -0.174. The van der Waals surface area contributed by atoms with Gasteiger partial charge in [-0.1, -0.05) is 191 Å². The SMILES string of the molecule is C[C@H]1[C@H](CC(=O)O)O[C@H](C[C@H](OC(=O)C[C@@H]2O[C@H](C[C@H](O)[C@@H]3C[C@H]3C)C[C@H](O[Si](c3ccccc3)(c3ccccc3)C(C)(C)C)[C@H]2C)[C@@H]2C[C@H]2C)C[C@@H]1O[Si](c1ccccc1)(c1ccccc1)C(C)(C)C. The van der Waals surface area contributed by atoms with E-state index in [1.54, 1.807) is 0 Å². The number of carboxylic acids is 1. The number of carbonyl (C=O) groups is 2. The molecular formula is C60H82O9Si2. The highest BCUT2D eigenvalue weighted by molar-refractivity contribution is 7.00. The van der Waals surface area contributed by atoms with Crippen molar-refractivity contribution < 1.29 is 42.9 Å². The summed E-state index contributed by atoms with van der Waals surface area (Å²) in [6, 6.07) is 42.5. The van der Waals surface area contributed by atoms with E-state index in [-0.39, 0.29) is 70.9 Å². The molecule has 2 N–H and O–H groups in total. The quantitative estimate of drug-likeness (QED) is 0.0699. The Morgan fingerprint density at radius 3 is 1.25 bits per heavy atom. The van der Waals surface area contributed by atoms with Crippen LogP contribution in [0.25, 0.3) is 0 Å². The van der Waals surface area contributed by atoms with Crippen LogP contribution >= 0.6 is 0 Å². The van der Waals surface area contributed by atoms with E-state index in [2.05, 4.69) is 178 Å². The minimum atomic E-state index is -3.01. The van der Waals surface area contributed by atoms with Gasteiger partial charge >= 0.3 is 11.9 Å². The molecule has 2 saturated carbocycles. The molecule has 8 rings (SSSR count). The molecule has 14 atom stereocenters. The van der Waals surface area contributed by atoms with Crippen molar-refractivity contribution in [1.82, 2.24) is 0 Å². The smallest absolute Gasteiger partial charge is 0.308 e. The number of carbonyl (C=O) groups excluding carboxylic acids is 1. The predicted molar refractivity (Wildman–Crippen MR) is 286 cm³/mol. The van der Waals surface area contributed by atoms with Crippen LogP contribution in [0.15, 0.2) is 121 Å². The van der Waals surface area contributed by atoms with Crippen molar-refractivity contribution >= 4 is 49.3 Å². The molecule has 2 aliphatic carbocycles. The minimum absolute atomic E-state index is 0.0512. The molecule has 11 heteroatoms. The van der Waals surface area contributed by atoms with E-state index in [1.165, 1.54) is 20.7 Å². The summed E-state index contributed by atoms with van der Waals surface area (Å²) >= 11 is 0. The molecule has 384 valence electrons. The Balaban J connectivity index is 1.06. The van der Waals surface area contributed by atoms with Crippen LogP contribution in [0, 0.1) is 35.5 Å². The van der Waals surface area contributed by atoms with Crippen LogP contribution in [0.3, 0.4) is 0 Å². The third-order valence-electron chi connectivity index (χ3n) is 16.9. The largest absolute Gasteiger partial charge is 0.481 e. The molecule has 4 aromatic carbocycles. The van der Waals surface area contributed by atoms with E-state index < -0.39 is 53.1 Å². The highest BCUT2D eigenvalue weighted by atomic mass is 28.4. The number of rotatable bonds is 19. The molecule has 2 saturated heterocycles. The van der Waals surface area contributed by atoms with Crippen molar-refractivity contribution in [2.24, 2.45) is 35.5 Å². The molecule has 0 spiro atoms. The fourth-order valence-corrected chi connectivity index (χ4v) is 22.1. The molecule has 4 aromatic rings. The van der Waals surface area contributed by atoms with Crippen LogP contribution in [0.1, 0.15) is 121 Å². The Bertz CT molecular complexity index is 2280. The summed E-state index contributed by atoms with van der Waals surface area (Å²) in [5.41, 5.74) is 0. The van der Waals surface area contributed by atoms with Crippen molar-refractivity contribution in [3.63, 3.8) is 0 Å². The zero-order valence-corrected chi connectivity index (χ0v) is 46.0. The van der Waals surface area contributed by atoms with Crippen molar-refractivity contribution in [2.45, 2.75) is 180 Å².